The second kappa shape index (κ2) is 1.13. The molecular weight excluding hydrogens is 87.0 g/mol. The van der Waals surface area contributed by atoms with Crippen molar-refractivity contribution in [1.29, 1.82) is 0 Å². The quantitative estimate of drug-likeness (QED) is 0.467. The van der Waals surface area contributed by atoms with E-state index in [1.54, 1.807) is 5.93 Å². The molecule has 0 saturated heterocycles. The first kappa shape index (κ1) is 2.79. The average Bonchev–Trinajstić information content (AvgIpc) is 1.76. The first-order valence-electron chi connectivity index (χ1n) is 1.08. The molecule has 0 amide bonds. The summed E-state index contributed by atoms with van der Waals surface area (Å²) in [6.45, 7) is 0. The topological polar surface area (TPSA) is 38.9 Å². The first-order valence-corrected chi connectivity index (χ1v) is 1.96. The van der Waals surface area contributed by atoms with Crippen LogP contribution in [0.5, 0.6) is 0 Å². The fourth-order valence-corrected chi connectivity index (χ4v) is 0.316. The standard InChI is InChI=1S/CHN2OP/c1-2-3-4-5-1/h1H. The van der Waals surface area contributed by atoms with Crippen molar-refractivity contribution in [2.75, 3.05) is 0 Å². The highest BCUT2D eigenvalue weighted by Crippen LogP contribution is 1.91. The van der Waals surface area contributed by atoms with E-state index in [2.05, 4.69) is 14.7 Å². The zero-order valence-electron chi connectivity index (χ0n) is 2.33. The lowest BCUT2D eigenvalue weighted by atomic mass is 11.7. The summed E-state index contributed by atoms with van der Waals surface area (Å²) >= 11 is 0. The van der Waals surface area contributed by atoms with E-state index in [1.807, 2.05) is 0 Å². The normalized spacial score (nSPS) is 9.60. The lowest BCUT2D eigenvalue weighted by Crippen LogP contribution is -1.53. The number of nitrogens with zero attached hydrogens (tertiary/aromatic N) is 2. The summed E-state index contributed by atoms with van der Waals surface area (Å²) < 4.78 is 4.32. The molecule has 4 heteroatoms. The summed E-state index contributed by atoms with van der Waals surface area (Å²) in [6, 6.07) is 0. The molecule has 0 atom stereocenters. The van der Waals surface area contributed by atoms with Gasteiger partial charge in [-0.25, -0.2) is 0 Å². The monoisotopic (exact) mass is 88.0 g/mol. The molecule has 1 rings (SSSR count). The summed E-state index contributed by atoms with van der Waals surface area (Å²) in [7, 11) is 0.733. The van der Waals surface area contributed by atoms with Crippen LogP contribution in [-0.4, -0.2) is 10.4 Å². The number of hydrogen-bond acceptors (Lipinski definition) is 3. The van der Waals surface area contributed by atoms with Gasteiger partial charge in [0.25, 0.3) is 0 Å². The fourth-order valence-electron chi connectivity index (χ4n) is 0.105. The number of rotatable bonds is 0. The Kier molecular flexibility index (Phi) is 0.630. The molecule has 0 unspecified atom stereocenters. The molecular formula is CHN2OP. The maximum absolute atomic E-state index is 4.32. The maximum Gasteiger partial charge on any atom is 0.184 e. The Morgan fingerprint density at radius 2 is 2.80 bits per heavy atom. The van der Waals surface area contributed by atoms with Crippen molar-refractivity contribution in [3.05, 3.63) is 5.93 Å². The Hall–Kier alpha value is -0.430. The van der Waals surface area contributed by atoms with Crippen LogP contribution >= 0.6 is 8.43 Å². The number of aromatic nitrogens is 2. The number of hydrogen-bond donors (Lipinski definition) is 0. The van der Waals surface area contributed by atoms with E-state index in [0.717, 1.165) is 8.43 Å². The summed E-state index contributed by atoms with van der Waals surface area (Å²) in [6.07, 6.45) is 0. The minimum absolute atomic E-state index is 0.733. The zero-order chi connectivity index (χ0) is 3.54. The molecule has 0 bridgehead atoms. The van der Waals surface area contributed by atoms with Crippen molar-refractivity contribution >= 4 is 8.43 Å². The van der Waals surface area contributed by atoms with Crippen LogP contribution < -0.4 is 0 Å². The van der Waals surface area contributed by atoms with Crippen molar-refractivity contribution in [2.45, 2.75) is 0 Å². The molecule has 26 valence electrons. The van der Waals surface area contributed by atoms with E-state index in [9.17, 15) is 0 Å². The molecule has 0 fully saturated rings. The van der Waals surface area contributed by atoms with Gasteiger partial charge in [-0.15, -0.1) is 5.10 Å². The Balaban J connectivity index is 3.13. The lowest BCUT2D eigenvalue weighted by Gasteiger charge is -1.43. The van der Waals surface area contributed by atoms with Gasteiger partial charge in [-0.3, -0.25) is 0 Å². The van der Waals surface area contributed by atoms with Crippen molar-refractivity contribution in [3.8, 4) is 0 Å². The van der Waals surface area contributed by atoms with E-state index < -0.39 is 0 Å². The maximum atomic E-state index is 4.32. The third-order valence-corrected chi connectivity index (χ3v) is 0.594. The summed E-state index contributed by atoms with van der Waals surface area (Å²) in [5.74, 6) is 1.57. The van der Waals surface area contributed by atoms with Crippen LogP contribution in [0.15, 0.2) is 10.2 Å². The van der Waals surface area contributed by atoms with Crippen molar-refractivity contribution in [1.82, 2.24) is 10.4 Å². The van der Waals surface area contributed by atoms with E-state index in [1.165, 1.54) is 0 Å². The van der Waals surface area contributed by atoms with Gasteiger partial charge in [0.1, 0.15) is 5.93 Å². The van der Waals surface area contributed by atoms with Gasteiger partial charge in [-0.1, -0.05) is 0 Å². The Morgan fingerprint density at radius 1 is 1.80 bits per heavy atom. The third kappa shape index (κ3) is 0.421. The molecule has 0 saturated carbocycles. The highest BCUT2D eigenvalue weighted by molar-refractivity contribution is 7.21. The van der Waals surface area contributed by atoms with E-state index in [0.29, 0.717) is 0 Å². The predicted molar refractivity (Wildman–Crippen MR) is 16.8 cm³/mol. The van der Waals surface area contributed by atoms with Crippen molar-refractivity contribution in [3.63, 3.8) is 0 Å². The smallest absolute Gasteiger partial charge is 0.184 e. The largest absolute Gasteiger partial charge is 0.320 e. The molecule has 0 aliphatic heterocycles. The summed E-state index contributed by atoms with van der Waals surface area (Å²) in [4.78, 5) is 0. The second-order valence-electron chi connectivity index (χ2n) is 0.500. The molecule has 1 aromatic rings. The van der Waals surface area contributed by atoms with Crippen LogP contribution in [0, 0.1) is 0 Å². The second-order valence-corrected chi connectivity index (χ2v) is 1.10. The van der Waals surface area contributed by atoms with Crippen molar-refractivity contribution in [2.24, 2.45) is 0 Å². The predicted octanol–water partition coefficient (Wildman–Crippen LogP) is 0.650. The molecule has 0 radical (unpaired) electrons. The van der Waals surface area contributed by atoms with Crippen LogP contribution in [0.4, 0.5) is 0 Å². The first-order chi connectivity index (χ1) is 2.50. The molecule has 1 heterocycles. The molecule has 0 spiro atoms. The minimum atomic E-state index is 0.733. The van der Waals surface area contributed by atoms with Gasteiger partial charge in [-0.05, 0) is 0 Å². The molecule has 0 N–H and O–H groups in total. The third-order valence-electron chi connectivity index (χ3n) is 0.230. The van der Waals surface area contributed by atoms with Crippen LogP contribution in [0.25, 0.3) is 0 Å². The minimum Gasteiger partial charge on any atom is -0.320 e. The molecule has 0 aromatic carbocycles. The van der Waals surface area contributed by atoms with Crippen LogP contribution in [0.3, 0.4) is 0 Å². The molecule has 5 heavy (non-hydrogen) atoms. The molecule has 0 aliphatic carbocycles. The van der Waals surface area contributed by atoms with Crippen LogP contribution in [-0.2, 0) is 0 Å². The Labute approximate surface area is 30.2 Å². The van der Waals surface area contributed by atoms with E-state index >= 15 is 0 Å². The molecule has 1 aromatic heterocycles. The van der Waals surface area contributed by atoms with Crippen molar-refractivity contribution < 1.29 is 4.30 Å². The summed E-state index contributed by atoms with van der Waals surface area (Å²) in [5.41, 5.74) is 0. The summed E-state index contributed by atoms with van der Waals surface area (Å²) in [5, 5.41) is 6.49. The zero-order valence-corrected chi connectivity index (χ0v) is 3.22. The van der Waals surface area contributed by atoms with Gasteiger partial charge < -0.3 is 4.30 Å². The SMILES string of the molecule is c1nnop1. The lowest BCUT2D eigenvalue weighted by molar-refractivity contribution is 0.473. The molecule has 0 aliphatic rings. The van der Waals surface area contributed by atoms with E-state index in [-0.39, 0.29) is 0 Å². The average molecular weight is 88.0 g/mol. The van der Waals surface area contributed by atoms with Crippen LogP contribution in [0.1, 0.15) is 0 Å². The highest BCUT2D eigenvalue weighted by atomic mass is 31.1. The van der Waals surface area contributed by atoms with Gasteiger partial charge in [0.05, 0.1) is 0 Å². The van der Waals surface area contributed by atoms with E-state index in [4.69, 9.17) is 0 Å². The van der Waals surface area contributed by atoms with Gasteiger partial charge in [0.2, 0.25) is 0 Å². The van der Waals surface area contributed by atoms with Gasteiger partial charge in [-0.2, -0.15) is 0 Å². The highest BCUT2D eigenvalue weighted by Gasteiger charge is 1.63. The van der Waals surface area contributed by atoms with Crippen LogP contribution in [0.2, 0.25) is 0 Å². The van der Waals surface area contributed by atoms with Gasteiger partial charge in [0, 0.05) is 5.27 Å². The Bertz CT molecular complexity index is 66.1. The molecule has 3 nitrogen and oxygen atoms in total. The van der Waals surface area contributed by atoms with Gasteiger partial charge >= 0.3 is 0 Å². The Morgan fingerprint density at radius 3 is 3.00 bits per heavy atom. The fraction of sp³-hybridized carbons (Fsp3) is 0. The van der Waals surface area contributed by atoms with Gasteiger partial charge in [0.15, 0.2) is 8.43 Å².